The molecule has 2 N–H and O–H groups in total. The summed E-state index contributed by atoms with van der Waals surface area (Å²) in [5, 5.41) is 4.78. The molecule has 0 aliphatic heterocycles. The number of aromatic nitrogens is 2. The molecule has 92 valence electrons. The molecular formula is C12H17N3O2. The minimum absolute atomic E-state index is 0.347. The van der Waals surface area contributed by atoms with Gasteiger partial charge in [-0.15, -0.1) is 0 Å². The molecule has 0 unspecified atom stereocenters. The predicted molar refractivity (Wildman–Crippen MR) is 67.2 cm³/mol. The number of carbonyl (C=O) groups is 1. The number of ether oxygens (including phenoxy) is 1. The number of benzene rings is 1. The highest BCUT2D eigenvalue weighted by Crippen LogP contribution is 2.14. The number of nitrogen functional groups attached to an aromatic ring is 1. The van der Waals surface area contributed by atoms with Gasteiger partial charge < -0.3 is 10.6 Å². The van der Waals surface area contributed by atoms with Crippen LogP contribution in [0.3, 0.4) is 0 Å². The number of nitrogens with zero attached hydrogens (tertiary/aromatic N) is 2. The van der Waals surface area contributed by atoms with Crippen LogP contribution in [0.2, 0.25) is 0 Å². The number of fused-ring (bicyclic) bond motifs is 1. The maximum atomic E-state index is 11.4. The zero-order valence-electron chi connectivity index (χ0n) is 10.3. The number of rotatable bonds is 2. The number of carbonyl (C=O) groups excluding carboxylic acids is 1. The largest absolute Gasteiger partial charge is 0.462 e. The summed E-state index contributed by atoms with van der Waals surface area (Å²) in [4.78, 5) is 12.7. The molecule has 2 rings (SSSR count). The normalized spacial score (nSPS) is 9.59. The van der Waals surface area contributed by atoms with Crippen LogP contribution in [0, 0.1) is 0 Å². The van der Waals surface area contributed by atoms with E-state index < -0.39 is 0 Å². The van der Waals surface area contributed by atoms with E-state index in [0.717, 1.165) is 5.39 Å². The van der Waals surface area contributed by atoms with Gasteiger partial charge in [-0.05, 0) is 19.1 Å². The number of hydrogen-bond donors (Lipinski definition) is 1. The summed E-state index contributed by atoms with van der Waals surface area (Å²) in [6.07, 6.45) is 1.64. The fourth-order valence-electron chi connectivity index (χ4n) is 1.38. The molecule has 2 aromatic rings. The molecule has 0 aliphatic carbocycles. The smallest absolute Gasteiger partial charge is 0.338 e. The quantitative estimate of drug-likeness (QED) is 0.638. The summed E-state index contributed by atoms with van der Waals surface area (Å²) in [5.41, 5.74) is 1.19. The molecule has 0 amide bonds. The Labute approximate surface area is 100 Å². The predicted octanol–water partition coefficient (Wildman–Crippen LogP) is 1.95. The summed E-state index contributed by atoms with van der Waals surface area (Å²) in [5.74, 6) is 5.23. The van der Waals surface area contributed by atoms with Gasteiger partial charge in [0.1, 0.15) is 0 Å². The first-order chi connectivity index (χ1) is 8.22. The maximum absolute atomic E-state index is 11.4. The van der Waals surface area contributed by atoms with Gasteiger partial charge in [-0.1, -0.05) is 19.9 Å². The second kappa shape index (κ2) is 5.89. The molecule has 17 heavy (non-hydrogen) atoms. The van der Waals surface area contributed by atoms with E-state index in [0.29, 0.717) is 17.7 Å². The Kier molecular flexibility index (Phi) is 4.51. The lowest BCUT2D eigenvalue weighted by atomic mass is 10.2. The minimum atomic E-state index is -0.347. The second-order valence-electron chi connectivity index (χ2n) is 3.08. The molecule has 0 aliphatic rings. The number of esters is 1. The van der Waals surface area contributed by atoms with Crippen LogP contribution in [0.1, 0.15) is 31.1 Å². The van der Waals surface area contributed by atoms with Crippen LogP contribution in [0.25, 0.3) is 10.9 Å². The molecular weight excluding hydrogens is 218 g/mol. The average Bonchev–Trinajstić information content (AvgIpc) is 2.73. The van der Waals surface area contributed by atoms with Crippen LogP contribution in [-0.2, 0) is 4.74 Å². The number of hydrogen-bond acceptors (Lipinski definition) is 4. The summed E-state index contributed by atoms with van der Waals surface area (Å²) in [6, 6.07) is 5.15. The highest BCUT2D eigenvalue weighted by atomic mass is 16.5. The van der Waals surface area contributed by atoms with Crippen molar-refractivity contribution in [3.05, 3.63) is 30.0 Å². The molecule has 1 heterocycles. The SMILES string of the molecule is CC.CCOC(=O)c1ccc2cnn(N)c2c1. The molecule has 5 nitrogen and oxygen atoms in total. The molecule has 0 saturated heterocycles. The molecule has 0 spiro atoms. The molecule has 1 aromatic carbocycles. The maximum Gasteiger partial charge on any atom is 0.338 e. The van der Waals surface area contributed by atoms with Crippen molar-refractivity contribution in [2.45, 2.75) is 20.8 Å². The highest BCUT2D eigenvalue weighted by molar-refractivity contribution is 5.94. The van der Waals surface area contributed by atoms with Gasteiger partial charge in [0, 0.05) is 5.39 Å². The van der Waals surface area contributed by atoms with Gasteiger partial charge >= 0.3 is 5.97 Å². The second-order valence-corrected chi connectivity index (χ2v) is 3.08. The zero-order valence-corrected chi connectivity index (χ0v) is 10.3. The van der Waals surface area contributed by atoms with Crippen LogP contribution < -0.4 is 5.84 Å². The summed E-state index contributed by atoms with van der Waals surface area (Å²) < 4.78 is 4.88. The van der Waals surface area contributed by atoms with Crippen molar-refractivity contribution in [3.63, 3.8) is 0 Å². The molecule has 0 atom stereocenters. The van der Waals surface area contributed by atoms with Gasteiger partial charge in [-0.3, -0.25) is 0 Å². The monoisotopic (exact) mass is 235 g/mol. The fraction of sp³-hybridized carbons (Fsp3) is 0.333. The van der Waals surface area contributed by atoms with Gasteiger partial charge in [-0.2, -0.15) is 9.89 Å². The first-order valence-corrected chi connectivity index (χ1v) is 5.62. The lowest BCUT2D eigenvalue weighted by molar-refractivity contribution is 0.0526. The highest BCUT2D eigenvalue weighted by Gasteiger charge is 2.08. The Bertz CT molecular complexity index is 505. The van der Waals surface area contributed by atoms with Crippen LogP contribution in [0.4, 0.5) is 0 Å². The van der Waals surface area contributed by atoms with Crippen LogP contribution in [-0.4, -0.2) is 22.5 Å². The van der Waals surface area contributed by atoms with Crippen molar-refractivity contribution in [2.75, 3.05) is 12.4 Å². The van der Waals surface area contributed by atoms with E-state index in [1.807, 2.05) is 13.8 Å². The molecule has 0 radical (unpaired) electrons. The van der Waals surface area contributed by atoms with Crippen molar-refractivity contribution >= 4 is 16.9 Å². The van der Waals surface area contributed by atoms with Crippen molar-refractivity contribution in [1.82, 2.24) is 9.89 Å². The van der Waals surface area contributed by atoms with E-state index in [9.17, 15) is 4.79 Å². The van der Waals surface area contributed by atoms with Crippen molar-refractivity contribution < 1.29 is 9.53 Å². The van der Waals surface area contributed by atoms with E-state index >= 15 is 0 Å². The first kappa shape index (κ1) is 13.0. The van der Waals surface area contributed by atoms with E-state index in [4.69, 9.17) is 10.6 Å². The van der Waals surface area contributed by atoms with E-state index in [1.165, 1.54) is 4.79 Å². The Morgan fingerprint density at radius 1 is 1.47 bits per heavy atom. The topological polar surface area (TPSA) is 70.1 Å². The Hall–Kier alpha value is -2.04. The third-order valence-corrected chi connectivity index (χ3v) is 2.11. The van der Waals surface area contributed by atoms with Crippen LogP contribution in [0.5, 0.6) is 0 Å². The third-order valence-electron chi connectivity index (χ3n) is 2.11. The van der Waals surface area contributed by atoms with E-state index in [-0.39, 0.29) is 5.97 Å². The molecule has 0 fully saturated rings. The van der Waals surface area contributed by atoms with Gasteiger partial charge in [0.25, 0.3) is 0 Å². The van der Waals surface area contributed by atoms with Gasteiger partial charge in [0.15, 0.2) is 0 Å². The van der Waals surface area contributed by atoms with Crippen molar-refractivity contribution in [2.24, 2.45) is 0 Å². The molecule has 5 heteroatoms. The third kappa shape index (κ3) is 2.75. The van der Waals surface area contributed by atoms with E-state index in [1.54, 1.807) is 31.3 Å². The van der Waals surface area contributed by atoms with Crippen molar-refractivity contribution in [3.8, 4) is 0 Å². The Balaban J connectivity index is 0.000000686. The van der Waals surface area contributed by atoms with Gasteiger partial charge in [-0.25, -0.2) is 4.79 Å². The van der Waals surface area contributed by atoms with Crippen LogP contribution >= 0.6 is 0 Å². The zero-order chi connectivity index (χ0) is 12.8. The fourth-order valence-corrected chi connectivity index (χ4v) is 1.38. The summed E-state index contributed by atoms with van der Waals surface area (Å²) >= 11 is 0. The molecule has 0 saturated carbocycles. The summed E-state index contributed by atoms with van der Waals surface area (Å²) in [6.45, 7) is 6.13. The first-order valence-electron chi connectivity index (χ1n) is 5.62. The Morgan fingerprint density at radius 2 is 2.18 bits per heavy atom. The van der Waals surface area contributed by atoms with Gasteiger partial charge in [0.05, 0.1) is 23.9 Å². The standard InChI is InChI=1S/C10H11N3O2.C2H6/c1-2-15-10(14)7-3-4-8-6-12-13(11)9(8)5-7;1-2/h3-6H,2,11H2,1H3;1-2H3. The lowest BCUT2D eigenvalue weighted by Gasteiger charge is -2.01. The minimum Gasteiger partial charge on any atom is -0.462 e. The molecule has 0 bridgehead atoms. The average molecular weight is 235 g/mol. The molecule has 1 aromatic heterocycles. The van der Waals surface area contributed by atoms with Crippen molar-refractivity contribution in [1.29, 1.82) is 0 Å². The van der Waals surface area contributed by atoms with Crippen LogP contribution in [0.15, 0.2) is 24.4 Å². The lowest BCUT2D eigenvalue weighted by Crippen LogP contribution is -2.10. The number of nitrogens with two attached hydrogens (primary N) is 1. The summed E-state index contributed by atoms with van der Waals surface area (Å²) in [7, 11) is 0. The van der Waals surface area contributed by atoms with Gasteiger partial charge in [0.2, 0.25) is 0 Å². The van der Waals surface area contributed by atoms with E-state index in [2.05, 4.69) is 5.10 Å². The Morgan fingerprint density at radius 3 is 2.82 bits per heavy atom.